The van der Waals surface area contributed by atoms with Crippen molar-refractivity contribution in [3.05, 3.63) is 24.3 Å². The summed E-state index contributed by atoms with van der Waals surface area (Å²) >= 11 is 0. The molecule has 0 heterocycles. The van der Waals surface area contributed by atoms with Gasteiger partial charge in [0.2, 0.25) is 0 Å². The van der Waals surface area contributed by atoms with Gasteiger partial charge in [0, 0.05) is 25.7 Å². The van der Waals surface area contributed by atoms with Crippen molar-refractivity contribution in [2.45, 2.75) is 342 Å². The maximum Gasteiger partial charge on any atom is 0.472 e. The number of aliphatic hydroxyl groups excluding tert-OH is 1. The highest BCUT2D eigenvalue weighted by molar-refractivity contribution is 7.47. The van der Waals surface area contributed by atoms with Gasteiger partial charge in [0.05, 0.1) is 26.4 Å². The van der Waals surface area contributed by atoms with E-state index >= 15 is 0 Å². The largest absolute Gasteiger partial charge is 0.472 e. The average Bonchev–Trinajstić information content (AvgIpc) is 3.70. The van der Waals surface area contributed by atoms with Crippen LogP contribution >= 0.6 is 15.6 Å². The third kappa shape index (κ3) is 62.4. The van der Waals surface area contributed by atoms with Crippen LogP contribution in [0.4, 0.5) is 0 Å². The highest BCUT2D eigenvalue weighted by Crippen LogP contribution is 2.45. The second-order valence-electron chi connectivity index (χ2n) is 25.2. The molecule has 0 saturated heterocycles. The van der Waals surface area contributed by atoms with E-state index in [9.17, 15) is 43.2 Å². The number of rotatable bonds is 66. The molecule has 5 atom stereocenters. The maximum atomic E-state index is 13.0. The number of hydrogen-bond acceptors (Lipinski definition) is 15. The summed E-state index contributed by atoms with van der Waals surface area (Å²) in [6, 6.07) is 0. The van der Waals surface area contributed by atoms with Gasteiger partial charge in [-0.25, -0.2) is 9.13 Å². The normalized spacial score (nSPS) is 14.4. The number of carbonyl (C=O) groups excluding carboxylic acids is 4. The topological polar surface area (TPSA) is 237 Å². The van der Waals surface area contributed by atoms with E-state index in [1.54, 1.807) is 0 Å². The van der Waals surface area contributed by atoms with Gasteiger partial charge in [0.1, 0.15) is 19.3 Å². The molecule has 518 valence electrons. The summed E-state index contributed by atoms with van der Waals surface area (Å²) in [6.45, 7) is 9.34. The molecule has 0 bridgehead atoms. The van der Waals surface area contributed by atoms with Crippen LogP contribution in [0.15, 0.2) is 24.3 Å². The molecule has 0 aromatic heterocycles. The van der Waals surface area contributed by atoms with Crippen molar-refractivity contribution in [1.82, 2.24) is 0 Å². The summed E-state index contributed by atoms with van der Waals surface area (Å²) in [5, 5.41) is 10.6. The fourth-order valence-corrected chi connectivity index (χ4v) is 11.5. The molecule has 0 aromatic rings. The molecule has 0 amide bonds. The van der Waals surface area contributed by atoms with E-state index in [4.69, 9.17) is 37.0 Å². The number of unbranched alkanes of at least 4 members (excludes halogenated alkanes) is 33. The predicted octanol–water partition coefficient (Wildman–Crippen LogP) is 19.2. The van der Waals surface area contributed by atoms with E-state index in [2.05, 4.69) is 65.8 Å². The van der Waals surface area contributed by atoms with E-state index in [1.165, 1.54) is 122 Å². The third-order valence-electron chi connectivity index (χ3n) is 15.3. The highest BCUT2D eigenvalue weighted by atomic mass is 31.2. The Morgan fingerprint density at radius 3 is 0.932 bits per heavy atom. The Balaban J connectivity index is 5.28. The number of allylic oxidation sites excluding steroid dienone is 4. The van der Waals surface area contributed by atoms with Gasteiger partial charge < -0.3 is 33.8 Å². The Morgan fingerprint density at radius 2 is 0.614 bits per heavy atom. The van der Waals surface area contributed by atoms with E-state index in [0.29, 0.717) is 37.5 Å². The fourth-order valence-electron chi connectivity index (χ4n) is 9.87. The molecule has 0 rings (SSSR count). The zero-order valence-electron chi connectivity index (χ0n) is 56.5. The molecule has 0 aliphatic heterocycles. The average molecular weight is 1290 g/mol. The highest BCUT2D eigenvalue weighted by Gasteiger charge is 2.30. The monoisotopic (exact) mass is 1290 g/mol. The Labute approximate surface area is 535 Å². The lowest BCUT2D eigenvalue weighted by Crippen LogP contribution is -2.30. The van der Waals surface area contributed by atoms with E-state index in [0.717, 1.165) is 109 Å². The van der Waals surface area contributed by atoms with Crippen LogP contribution in [0.1, 0.15) is 324 Å². The van der Waals surface area contributed by atoms with Crippen LogP contribution in [0.2, 0.25) is 0 Å². The van der Waals surface area contributed by atoms with Gasteiger partial charge in [0.15, 0.2) is 12.2 Å². The number of ether oxygens (including phenoxy) is 4. The van der Waals surface area contributed by atoms with Gasteiger partial charge in [-0.15, -0.1) is 0 Å². The molecule has 88 heavy (non-hydrogen) atoms. The Hall–Kier alpha value is -2.46. The Kier molecular flexibility index (Phi) is 59.1. The molecular weight excluding hydrogens is 1160 g/mol. The Morgan fingerprint density at radius 1 is 0.352 bits per heavy atom. The quantitative estimate of drug-likeness (QED) is 0.0169. The molecule has 0 aliphatic carbocycles. The number of phosphoric acid groups is 2. The van der Waals surface area contributed by atoms with E-state index < -0.39 is 97.5 Å². The molecule has 0 radical (unpaired) electrons. The van der Waals surface area contributed by atoms with Crippen molar-refractivity contribution in [3.8, 4) is 0 Å². The predicted molar refractivity (Wildman–Crippen MR) is 354 cm³/mol. The van der Waals surface area contributed by atoms with Crippen molar-refractivity contribution in [2.75, 3.05) is 39.6 Å². The van der Waals surface area contributed by atoms with Crippen LogP contribution in [0.3, 0.4) is 0 Å². The molecule has 19 heteroatoms. The van der Waals surface area contributed by atoms with Crippen molar-refractivity contribution in [1.29, 1.82) is 0 Å². The lowest BCUT2D eigenvalue weighted by atomic mass is 10.0. The maximum absolute atomic E-state index is 13.0. The van der Waals surface area contributed by atoms with Crippen LogP contribution in [-0.2, 0) is 65.4 Å². The molecule has 2 unspecified atom stereocenters. The second-order valence-corrected chi connectivity index (χ2v) is 28.1. The third-order valence-corrected chi connectivity index (χ3v) is 17.2. The molecule has 3 N–H and O–H groups in total. The van der Waals surface area contributed by atoms with Crippen LogP contribution < -0.4 is 0 Å². The first-order chi connectivity index (χ1) is 42.4. The van der Waals surface area contributed by atoms with Gasteiger partial charge in [-0.3, -0.25) is 37.3 Å². The van der Waals surface area contributed by atoms with Crippen molar-refractivity contribution in [3.63, 3.8) is 0 Å². The lowest BCUT2D eigenvalue weighted by Gasteiger charge is -2.21. The minimum absolute atomic E-state index is 0.0849. The van der Waals surface area contributed by atoms with Crippen molar-refractivity contribution < 1.29 is 80.2 Å². The van der Waals surface area contributed by atoms with Gasteiger partial charge in [-0.2, -0.15) is 0 Å². The molecule has 0 aromatic carbocycles. The van der Waals surface area contributed by atoms with Gasteiger partial charge in [0.25, 0.3) is 0 Å². The first kappa shape index (κ1) is 85.5. The van der Waals surface area contributed by atoms with Crippen molar-refractivity contribution >= 4 is 39.5 Å². The first-order valence-electron chi connectivity index (χ1n) is 35.3. The molecule has 0 fully saturated rings. The fraction of sp³-hybridized carbons (Fsp3) is 0.884. The summed E-state index contributed by atoms with van der Waals surface area (Å²) in [4.78, 5) is 72.4. The molecular formula is C69H130O17P2. The van der Waals surface area contributed by atoms with Crippen LogP contribution in [0.25, 0.3) is 0 Å². The number of phosphoric ester groups is 2. The summed E-state index contributed by atoms with van der Waals surface area (Å²) in [6.07, 6.45) is 48.2. The van der Waals surface area contributed by atoms with Crippen LogP contribution in [0.5, 0.6) is 0 Å². The van der Waals surface area contributed by atoms with Gasteiger partial charge in [-0.1, -0.05) is 271 Å². The second kappa shape index (κ2) is 60.8. The summed E-state index contributed by atoms with van der Waals surface area (Å²) < 4.78 is 68.1. The molecule has 0 spiro atoms. The number of hydrogen-bond donors (Lipinski definition) is 3. The molecule has 17 nitrogen and oxygen atoms in total. The van der Waals surface area contributed by atoms with Crippen LogP contribution in [0, 0.1) is 11.8 Å². The summed E-state index contributed by atoms with van der Waals surface area (Å²) in [5.41, 5.74) is 0. The van der Waals surface area contributed by atoms with Crippen LogP contribution in [-0.4, -0.2) is 96.7 Å². The van der Waals surface area contributed by atoms with Crippen molar-refractivity contribution in [2.24, 2.45) is 11.8 Å². The summed E-state index contributed by atoms with van der Waals surface area (Å²) in [7, 11) is -9.91. The lowest BCUT2D eigenvalue weighted by molar-refractivity contribution is -0.161. The zero-order chi connectivity index (χ0) is 65.0. The molecule has 0 saturated carbocycles. The SMILES string of the molecule is CCCCCC/C=C\C=C/CCCCCCCC(=O)O[C@H](COC(=O)CCCCCCCCCCCCCCC)COP(=O)(O)OC[C@@H](O)COP(=O)(O)OC[C@@H](COC(=O)CCCCCCCCC(C)C)OC(=O)CCCCCCCCCCC(C)C. The number of esters is 4. The smallest absolute Gasteiger partial charge is 0.462 e. The van der Waals surface area contributed by atoms with Gasteiger partial charge >= 0.3 is 39.5 Å². The number of aliphatic hydroxyl groups is 1. The van der Waals surface area contributed by atoms with E-state index in [1.807, 2.05) is 0 Å². The minimum Gasteiger partial charge on any atom is -0.462 e. The zero-order valence-corrected chi connectivity index (χ0v) is 58.3. The first-order valence-corrected chi connectivity index (χ1v) is 38.3. The molecule has 0 aliphatic rings. The number of carbonyl (C=O) groups is 4. The van der Waals surface area contributed by atoms with E-state index in [-0.39, 0.29) is 25.7 Å². The Bertz CT molecular complexity index is 1810. The minimum atomic E-state index is -4.96. The van der Waals surface area contributed by atoms with Gasteiger partial charge in [-0.05, 0) is 63.2 Å². The standard InChI is InChI=1S/C69H130O17P2/c1-7-9-11-13-15-17-19-21-22-24-26-28-33-41-47-53-68(73)85-64(57-79-66(71)51-45-39-32-27-25-23-20-18-16-14-12-10-8-2)59-83-87(75,76)81-55-63(70)56-82-88(77,78)84-60-65(58-80-67(72)52-46-40-36-35-38-44-50-62(5)6)86-69(74)54-48-42-34-30-29-31-37-43-49-61(3)4/h17,19,21-22,61-65,70H,7-16,18,20,23-60H2,1-6H3,(H,75,76)(H,77,78)/b19-17-,22-21-/t63-,64-,65-/m1/s1. The summed E-state index contributed by atoms with van der Waals surface area (Å²) in [5.74, 6) is -0.765.